The topological polar surface area (TPSA) is 12.0 Å². The third-order valence-electron chi connectivity index (χ3n) is 0.199. The molecule has 5 heavy (non-hydrogen) atoms. The van der Waals surface area contributed by atoms with Crippen LogP contribution in [0.1, 0.15) is 0 Å². The summed E-state index contributed by atoms with van der Waals surface area (Å²) >= 11 is 6.69. The summed E-state index contributed by atoms with van der Waals surface area (Å²) in [6, 6.07) is 0. The van der Waals surface area contributed by atoms with E-state index in [0.717, 1.165) is 5.88 Å². The molecule has 0 heterocycles. The fourth-order valence-corrected chi connectivity index (χ4v) is 0.491. The van der Waals surface area contributed by atoms with Gasteiger partial charge in [0.1, 0.15) is 0 Å². The van der Waals surface area contributed by atoms with Gasteiger partial charge in [0.15, 0.2) is 0 Å². The van der Waals surface area contributed by atoms with Gasteiger partial charge in [0.2, 0.25) is 0 Å². The molecule has 0 rings (SSSR count). The van der Waals surface area contributed by atoms with Gasteiger partial charge in [-0.25, -0.2) is 4.84 Å². The number of rotatable bonds is 2. The lowest BCUT2D eigenvalue weighted by atomic mass is 11.5. The Hall–Kier alpha value is 0.600. The van der Waals surface area contributed by atoms with Gasteiger partial charge in [-0.15, -0.1) is 11.8 Å². The molecule has 3 heteroatoms. The SMILES string of the molecule is CSCNCl. The molecule has 0 aliphatic rings. The van der Waals surface area contributed by atoms with E-state index < -0.39 is 0 Å². The number of thioether (sulfide) groups is 1. The molecular weight excluding hydrogens is 106 g/mol. The van der Waals surface area contributed by atoms with E-state index in [1.165, 1.54) is 0 Å². The summed E-state index contributed by atoms with van der Waals surface area (Å²) in [4.78, 5) is 2.45. The van der Waals surface area contributed by atoms with E-state index >= 15 is 0 Å². The second-order valence-electron chi connectivity index (χ2n) is 0.567. The maximum atomic E-state index is 5.03. The average Bonchev–Trinajstić information content (AvgIpc) is 1.41. The number of hydrogen-bond donors (Lipinski definition) is 1. The normalized spacial score (nSPS) is 8.40. The fourth-order valence-electron chi connectivity index (χ4n) is 0.0546. The first-order valence-electron chi connectivity index (χ1n) is 1.24. The molecule has 1 nitrogen and oxygen atoms in total. The van der Waals surface area contributed by atoms with Crippen LogP contribution in [0.2, 0.25) is 0 Å². The van der Waals surface area contributed by atoms with E-state index in [1.54, 1.807) is 11.8 Å². The minimum atomic E-state index is 0.821. The van der Waals surface area contributed by atoms with Crippen LogP contribution < -0.4 is 4.84 Å². The van der Waals surface area contributed by atoms with Gasteiger partial charge in [-0.2, -0.15) is 0 Å². The highest BCUT2D eigenvalue weighted by Crippen LogP contribution is 1.84. The van der Waals surface area contributed by atoms with E-state index in [0.29, 0.717) is 0 Å². The smallest absolute Gasteiger partial charge is 0.0562 e. The molecule has 0 atom stereocenters. The van der Waals surface area contributed by atoms with Gasteiger partial charge < -0.3 is 0 Å². The van der Waals surface area contributed by atoms with Crippen molar-refractivity contribution in [3.63, 3.8) is 0 Å². The molecule has 0 aromatic rings. The summed E-state index contributed by atoms with van der Waals surface area (Å²) in [6.45, 7) is 0. The van der Waals surface area contributed by atoms with Gasteiger partial charge in [0.25, 0.3) is 0 Å². The summed E-state index contributed by atoms with van der Waals surface area (Å²) in [5, 5.41) is 0. The van der Waals surface area contributed by atoms with E-state index in [9.17, 15) is 0 Å². The highest BCUT2D eigenvalue weighted by molar-refractivity contribution is 7.98. The zero-order valence-corrected chi connectivity index (χ0v) is 4.57. The minimum Gasteiger partial charge on any atom is -0.224 e. The molecule has 0 aromatic carbocycles. The monoisotopic (exact) mass is 111 g/mol. The Labute approximate surface area is 41.2 Å². The summed E-state index contributed by atoms with van der Waals surface area (Å²) < 4.78 is 0. The number of hydrogen-bond acceptors (Lipinski definition) is 2. The van der Waals surface area contributed by atoms with E-state index in [1.807, 2.05) is 6.26 Å². The molecular formula is C2H6ClNS. The van der Waals surface area contributed by atoms with E-state index in [-0.39, 0.29) is 0 Å². The first-order chi connectivity index (χ1) is 2.41. The zero-order chi connectivity index (χ0) is 4.12. The predicted molar refractivity (Wildman–Crippen MR) is 27.4 cm³/mol. The third-order valence-corrected chi connectivity index (χ3v) is 0.924. The standard InChI is InChI=1S/C2H6ClNS/c1-5-2-4-3/h4H,2H2,1H3. The van der Waals surface area contributed by atoms with E-state index in [4.69, 9.17) is 11.8 Å². The second kappa shape index (κ2) is 4.60. The van der Waals surface area contributed by atoms with Crippen molar-refractivity contribution in [1.82, 2.24) is 4.84 Å². The van der Waals surface area contributed by atoms with Gasteiger partial charge >= 0.3 is 0 Å². The Morgan fingerprint density at radius 1 is 2.00 bits per heavy atom. The third kappa shape index (κ3) is 4.60. The lowest BCUT2D eigenvalue weighted by molar-refractivity contribution is 1.22. The van der Waals surface area contributed by atoms with Crippen LogP contribution in [0.15, 0.2) is 0 Å². The van der Waals surface area contributed by atoms with Crippen molar-refractivity contribution in [3.05, 3.63) is 0 Å². The Morgan fingerprint density at radius 3 is 2.60 bits per heavy atom. The Balaban J connectivity index is 2.19. The van der Waals surface area contributed by atoms with Crippen LogP contribution in [0, 0.1) is 0 Å². The Morgan fingerprint density at radius 2 is 2.60 bits per heavy atom. The highest BCUT2D eigenvalue weighted by atomic mass is 35.5. The summed E-state index contributed by atoms with van der Waals surface area (Å²) in [5.74, 6) is 0.821. The minimum absolute atomic E-state index is 0.821. The Kier molecular flexibility index (Phi) is 5.15. The largest absolute Gasteiger partial charge is 0.224 e. The molecule has 0 aliphatic heterocycles. The van der Waals surface area contributed by atoms with Crippen molar-refractivity contribution in [2.75, 3.05) is 12.1 Å². The van der Waals surface area contributed by atoms with Crippen LogP contribution in [-0.4, -0.2) is 12.1 Å². The zero-order valence-electron chi connectivity index (χ0n) is 2.99. The van der Waals surface area contributed by atoms with Crippen molar-refractivity contribution in [2.45, 2.75) is 0 Å². The summed E-state index contributed by atoms with van der Waals surface area (Å²) in [5.41, 5.74) is 0. The molecule has 0 amide bonds. The van der Waals surface area contributed by atoms with Crippen LogP contribution in [0.4, 0.5) is 0 Å². The number of halogens is 1. The lowest BCUT2D eigenvalue weighted by Gasteiger charge is -1.81. The maximum absolute atomic E-state index is 5.03. The lowest BCUT2D eigenvalue weighted by Crippen LogP contribution is -1.92. The number of nitrogens with one attached hydrogen (secondary N) is 1. The van der Waals surface area contributed by atoms with Gasteiger partial charge in [0.05, 0.1) is 5.88 Å². The quantitative estimate of drug-likeness (QED) is 0.422. The van der Waals surface area contributed by atoms with Crippen LogP contribution >= 0.6 is 23.5 Å². The molecule has 0 aromatic heterocycles. The predicted octanol–water partition coefficient (Wildman–Crippen LogP) is 1.05. The van der Waals surface area contributed by atoms with Crippen molar-refractivity contribution in [1.29, 1.82) is 0 Å². The molecule has 0 radical (unpaired) electrons. The van der Waals surface area contributed by atoms with Gasteiger partial charge in [0, 0.05) is 0 Å². The van der Waals surface area contributed by atoms with Crippen LogP contribution in [-0.2, 0) is 0 Å². The first-order valence-corrected chi connectivity index (χ1v) is 3.01. The van der Waals surface area contributed by atoms with Crippen LogP contribution in [0.5, 0.6) is 0 Å². The molecule has 0 fully saturated rings. The molecule has 0 saturated carbocycles. The molecule has 0 spiro atoms. The molecule has 0 aliphatic carbocycles. The van der Waals surface area contributed by atoms with Gasteiger partial charge in [-0.05, 0) is 18.0 Å². The Bertz CT molecular complexity index is 17.1. The molecule has 0 saturated heterocycles. The average molecular weight is 112 g/mol. The summed E-state index contributed by atoms with van der Waals surface area (Å²) in [6.07, 6.45) is 1.98. The highest BCUT2D eigenvalue weighted by Gasteiger charge is 1.66. The van der Waals surface area contributed by atoms with E-state index in [2.05, 4.69) is 4.84 Å². The van der Waals surface area contributed by atoms with Gasteiger partial charge in [-0.1, -0.05) is 0 Å². The van der Waals surface area contributed by atoms with Crippen molar-refractivity contribution < 1.29 is 0 Å². The molecule has 0 unspecified atom stereocenters. The van der Waals surface area contributed by atoms with Crippen LogP contribution in [0.3, 0.4) is 0 Å². The summed E-state index contributed by atoms with van der Waals surface area (Å²) in [7, 11) is 0. The molecule has 32 valence electrons. The second-order valence-corrected chi connectivity index (χ2v) is 1.70. The van der Waals surface area contributed by atoms with Crippen molar-refractivity contribution >= 4 is 23.5 Å². The van der Waals surface area contributed by atoms with Crippen molar-refractivity contribution in [2.24, 2.45) is 0 Å². The maximum Gasteiger partial charge on any atom is 0.0562 e. The first kappa shape index (κ1) is 5.60. The van der Waals surface area contributed by atoms with Gasteiger partial charge in [-0.3, -0.25) is 0 Å². The fraction of sp³-hybridized carbons (Fsp3) is 1.00. The molecule has 1 N–H and O–H groups in total. The van der Waals surface area contributed by atoms with Crippen LogP contribution in [0.25, 0.3) is 0 Å². The molecule has 0 bridgehead atoms. The van der Waals surface area contributed by atoms with Crippen molar-refractivity contribution in [3.8, 4) is 0 Å².